The van der Waals surface area contributed by atoms with Gasteiger partial charge in [-0.2, -0.15) is 0 Å². The Labute approximate surface area is 123 Å². The summed E-state index contributed by atoms with van der Waals surface area (Å²) in [4.78, 5) is 17.5. The molecule has 20 heavy (non-hydrogen) atoms. The molecule has 116 valence electrons. The molecule has 0 aromatic carbocycles. The highest BCUT2D eigenvalue weighted by atomic mass is 16.2. The summed E-state index contributed by atoms with van der Waals surface area (Å²) in [6.07, 6.45) is 5.77. The molecule has 4 nitrogen and oxygen atoms in total. The molecule has 0 aromatic heterocycles. The minimum Gasteiger partial charge on any atom is -0.334 e. The molecule has 0 aliphatic carbocycles. The summed E-state index contributed by atoms with van der Waals surface area (Å²) in [5.74, 6) is 0.285. The summed E-state index contributed by atoms with van der Waals surface area (Å²) in [7, 11) is 0. The second-order valence-electron chi connectivity index (χ2n) is 6.81. The maximum Gasteiger partial charge on any atom is 0.240 e. The van der Waals surface area contributed by atoms with Crippen LogP contribution >= 0.6 is 0 Å². The van der Waals surface area contributed by atoms with Gasteiger partial charge in [0, 0.05) is 30.7 Å². The second-order valence-corrected chi connectivity index (χ2v) is 6.81. The van der Waals surface area contributed by atoms with Crippen molar-refractivity contribution in [1.82, 2.24) is 9.80 Å². The van der Waals surface area contributed by atoms with E-state index in [0.29, 0.717) is 24.7 Å². The first-order chi connectivity index (χ1) is 9.47. The van der Waals surface area contributed by atoms with E-state index in [0.717, 1.165) is 12.8 Å². The van der Waals surface area contributed by atoms with Gasteiger partial charge in [0.1, 0.15) is 0 Å². The van der Waals surface area contributed by atoms with E-state index >= 15 is 0 Å². The maximum absolute atomic E-state index is 13.0. The Balaban J connectivity index is 2.12. The average molecular weight is 281 g/mol. The standard InChI is InChI=1S/C16H31N3O/c1-11-6-5-7-15(10-17)19(11)16(20)14(4)18-12(2)8-9-13(18)3/h11-15H,5-10,17H2,1-4H3. The number of nitrogens with zero attached hydrogens (tertiary/aromatic N) is 2. The van der Waals surface area contributed by atoms with Crippen LogP contribution in [-0.2, 0) is 4.79 Å². The van der Waals surface area contributed by atoms with Gasteiger partial charge in [-0.15, -0.1) is 0 Å². The van der Waals surface area contributed by atoms with E-state index in [9.17, 15) is 4.79 Å². The molecule has 5 unspecified atom stereocenters. The smallest absolute Gasteiger partial charge is 0.240 e. The molecule has 4 heteroatoms. The fraction of sp³-hybridized carbons (Fsp3) is 0.938. The molecule has 0 spiro atoms. The lowest BCUT2D eigenvalue weighted by Crippen LogP contribution is -2.58. The quantitative estimate of drug-likeness (QED) is 0.860. The second kappa shape index (κ2) is 6.44. The van der Waals surface area contributed by atoms with Gasteiger partial charge < -0.3 is 10.6 Å². The summed E-state index contributed by atoms with van der Waals surface area (Å²) in [6, 6.07) is 1.58. The van der Waals surface area contributed by atoms with E-state index in [1.807, 2.05) is 0 Å². The lowest BCUT2D eigenvalue weighted by molar-refractivity contribution is -0.144. The molecule has 1 amide bonds. The van der Waals surface area contributed by atoms with Crippen LogP contribution in [0, 0.1) is 0 Å². The van der Waals surface area contributed by atoms with Crippen LogP contribution in [0.5, 0.6) is 0 Å². The predicted molar refractivity (Wildman–Crippen MR) is 82.5 cm³/mol. The summed E-state index contributed by atoms with van der Waals surface area (Å²) < 4.78 is 0. The number of carbonyl (C=O) groups excluding carboxylic acids is 1. The van der Waals surface area contributed by atoms with E-state index in [-0.39, 0.29) is 18.0 Å². The zero-order chi connectivity index (χ0) is 14.9. The zero-order valence-corrected chi connectivity index (χ0v) is 13.5. The number of rotatable bonds is 3. The maximum atomic E-state index is 13.0. The van der Waals surface area contributed by atoms with Crippen molar-refractivity contribution in [2.24, 2.45) is 5.73 Å². The lowest BCUT2D eigenvalue weighted by Gasteiger charge is -2.44. The van der Waals surface area contributed by atoms with Crippen LogP contribution < -0.4 is 5.73 Å². The van der Waals surface area contributed by atoms with Gasteiger partial charge in [0.15, 0.2) is 0 Å². The van der Waals surface area contributed by atoms with Crippen LogP contribution in [0.4, 0.5) is 0 Å². The molecule has 0 bridgehead atoms. The number of amides is 1. The molecular weight excluding hydrogens is 250 g/mol. The van der Waals surface area contributed by atoms with Crippen LogP contribution in [0.1, 0.15) is 59.8 Å². The van der Waals surface area contributed by atoms with Gasteiger partial charge in [0.05, 0.1) is 6.04 Å². The third-order valence-corrected chi connectivity index (χ3v) is 5.38. The third kappa shape index (κ3) is 2.86. The van der Waals surface area contributed by atoms with Crippen molar-refractivity contribution in [1.29, 1.82) is 0 Å². The molecule has 5 atom stereocenters. The minimum absolute atomic E-state index is 0.0166. The molecule has 0 saturated carbocycles. The molecule has 2 fully saturated rings. The first-order valence-electron chi connectivity index (χ1n) is 8.27. The van der Waals surface area contributed by atoms with Crippen molar-refractivity contribution >= 4 is 5.91 Å². The Morgan fingerprint density at radius 3 is 2.25 bits per heavy atom. The number of likely N-dealkylation sites (tertiary alicyclic amines) is 2. The Morgan fingerprint density at radius 2 is 1.70 bits per heavy atom. The van der Waals surface area contributed by atoms with Crippen LogP contribution in [0.3, 0.4) is 0 Å². The molecule has 2 N–H and O–H groups in total. The van der Waals surface area contributed by atoms with Crippen molar-refractivity contribution in [2.45, 2.75) is 90.0 Å². The molecule has 2 aliphatic heterocycles. The minimum atomic E-state index is -0.0166. The van der Waals surface area contributed by atoms with Gasteiger partial charge in [0.2, 0.25) is 5.91 Å². The molecule has 2 rings (SSSR count). The first kappa shape index (κ1) is 15.8. The number of carbonyl (C=O) groups is 1. The van der Waals surface area contributed by atoms with Gasteiger partial charge in [-0.1, -0.05) is 0 Å². The lowest BCUT2D eigenvalue weighted by atomic mass is 9.95. The van der Waals surface area contributed by atoms with Crippen LogP contribution in [0.25, 0.3) is 0 Å². The molecular formula is C16H31N3O. The molecule has 2 heterocycles. The number of hydrogen-bond acceptors (Lipinski definition) is 3. The van der Waals surface area contributed by atoms with Crippen molar-refractivity contribution in [3.63, 3.8) is 0 Å². The fourth-order valence-electron chi connectivity index (χ4n) is 4.24. The van der Waals surface area contributed by atoms with E-state index in [1.54, 1.807) is 0 Å². The van der Waals surface area contributed by atoms with Crippen molar-refractivity contribution in [3.8, 4) is 0 Å². The summed E-state index contributed by atoms with van der Waals surface area (Å²) in [5, 5.41) is 0. The zero-order valence-electron chi connectivity index (χ0n) is 13.5. The molecule has 0 radical (unpaired) electrons. The van der Waals surface area contributed by atoms with Gasteiger partial charge in [-0.3, -0.25) is 9.69 Å². The number of piperidine rings is 1. The topological polar surface area (TPSA) is 49.6 Å². The Morgan fingerprint density at radius 1 is 1.10 bits per heavy atom. The van der Waals surface area contributed by atoms with Crippen molar-refractivity contribution in [2.75, 3.05) is 6.54 Å². The van der Waals surface area contributed by atoms with Crippen LogP contribution in [0.2, 0.25) is 0 Å². The van der Waals surface area contributed by atoms with Crippen molar-refractivity contribution in [3.05, 3.63) is 0 Å². The molecule has 2 saturated heterocycles. The van der Waals surface area contributed by atoms with Crippen LogP contribution in [0.15, 0.2) is 0 Å². The monoisotopic (exact) mass is 281 g/mol. The van der Waals surface area contributed by atoms with E-state index in [4.69, 9.17) is 5.73 Å². The van der Waals surface area contributed by atoms with Gasteiger partial charge >= 0.3 is 0 Å². The fourth-order valence-corrected chi connectivity index (χ4v) is 4.24. The Hall–Kier alpha value is -0.610. The first-order valence-corrected chi connectivity index (χ1v) is 8.27. The summed E-state index contributed by atoms with van der Waals surface area (Å²) in [6.45, 7) is 9.33. The largest absolute Gasteiger partial charge is 0.334 e. The van der Waals surface area contributed by atoms with Crippen LogP contribution in [-0.4, -0.2) is 52.5 Å². The summed E-state index contributed by atoms with van der Waals surface area (Å²) >= 11 is 0. The third-order valence-electron chi connectivity index (χ3n) is 5.38. The van der Waals surface area contributed by atoms with Gasteiger partial charge in [-0.05, 0) is 59.8 Å². The highest BCUT2D eigenvalue weighted by Crippen LogP contribution is 2.29. The molecule has 0 aromatic rings. The van der Waals surface area contributed by atoms with Gasteiger partial charge in [0.25, 0.3) is 0 Å². The predicted octanol–water partition coefficient (Wildman–Crippen LogP) is 1.98. The van der Waals surface area contributed by atoms with E-state index in [1.165, 1.54) is 19.3 Å². The Bertz CT molecular complexity index is 337. The van der Waals surface area contributed by atoms with Gasteiger partial charge in [-0.25, -0.2) is 0 Å². The van der Waals surface area contributed by atoms with E-state index < -0.39 is 0 Å². The average Bonchev–Trinajstić information content (AvgIpc) is 2.76. The highest BCUT2D eigenvalue weighted by molar-refractivity contribution is 5.82. The normalized spacial score (nSPS) is 37.1. The number of nitrogens with two attached hydrogens (primary N) is 1. The van der Waals surface area contributed by atoms with Crippen molar-refractivity contribution < 1.29 is 4.79 Å². The summed E-state index contributed by atoms with van der Waals surface area (Å²) in [5.41, 5.74) is 5.89. The Kier molecular flexibility index (Phi) is 5.08. The molecule has 2 aliphatic rings. The van der Waals surface area contributed by atoms with E-state index in [2.05, 4.69) is 37.5 Å². The number of hydrogen-bond donors (Lipinski definition) is 1. The highest BCUT2D eigenvalue weighted by Gasteiger charge is 2.39. The SMILES string of the molecule is CC1CCCC(CN)N1C(=O)C(C)N1C(C)CCC1C.